The molecule has 1 fully saturated rings. The van der Waals surface area contributed by atoms with Crippen LogP contribution in [0.25, 0.3) is 21.8 Å². The van der Waals surface area contributed by atoms with Crippen LogP contribution in [0.2, 0.25) is 0 Å². The zero-order valence-electron chi connectivity index (χ0n) is 13.3. The molecular formula is C19H23ClN2O. The van der Waals surface area contributed by atoms with Crippen molar-refractivity contribution < 1.29 is 5.11 Å². The molecule has 0 amide bonds. The summed E-state index contributed by atoms with van der Waals surface area (Å²) in [6.45, 7) is 3.11. The number of fused-ring (bicyclic) bond motifs is 3. The molecule has 0 unspecified atom stereocenters. The van der Waals surface area contributed by atoms with Gasteiger partial charge in [0.1, 0.15) is 0 Å². The normalized spacial score (nSPS) is 17.2. The number of halogens is 1. The number of nitrogens with zero attached hydrogens (tertiary/aromatic N) is 1. The average Bonchev–Trinajstić information content (AvgIpc) is 3.35. The summed E-state index contributed by atoms with van der Waals surface area (Å²) >= 11 is 0. The molecule has 122 valence electrons. The fourth-order valence-electron chi connectivity index (χ4n) is 3.55. The number of aliphatic hydroxyl groups excluding tert-OH is 1. The van der Waals surface area contributed by atoms with Crippen molar-refractivity contribution in [3.8, 4) is 0 Å². The molecule has 1 aromatic heterocycles. The molecular weight excluding hydrogens is 308 g/mol. The maximum Gasteiger partial charge on any atom is 0.0760 e. The lowest BCUT2D eigenvalue weighted by molar-refractivity contribution is 0.122. The highest BCUT2D eigenvalue weighted by atomic mass is 35.5. The van der Waals surface area contributed by atoms with E-state index in [4.69, 9.17) is 5.73 Å². The van der Waals surface area contributed by atoms with Crippen LogP contribution in [-0.2, 0) is 6.54 Å². The molecule has 1 heterocycles. The largest absolute Gasteiger partial charge is 0.391 e. The van der Waals surface area contributed by atoms with Gasteiger partial charge >= 0.3 is 0 Å². The SMILES string of the molecule is CCn1c2ccccc2c2cc([C@H](N)[C@H](O)C3CC3)ccc21.Cl. The summed E-state index contributed by atoms with van der Waals surface area (Å²) in [7, 11) is 0. The number of hydrogen-bond acceptors (Lipinski definition) is 2. The number of rotatable bonds is 4. The number of nitrogens with two attached hydrogens (primary N) is 1. The van der Waals surface area contributed by atoms with E-state index in [1.165, 1.54) is 21.8 Å². The molecule has 3 N–H and O–H groups in total. The zero-order valence-corrected chi connectivity index (χ0v) is 14.1. The van der Waals surface area contributed by atoms with Gasteiger partial charge in [0.2, 0.25) is 0 Å². The van der Waals surface area contributed by atoms with E-state index in [-0.39, 0.29) is 18.4 Å². The fraction of sp³-hybridized carbons (Fsp3) is 0.368. The quantitative estimate of drug-likeness (QED) is 0.759. The Kier molecular flexibility index (Phi) is 4.37. The smallest absolute Gasteiger partial charge is 0.0760 e. The van der Waals surface area contributed by atoms with Crippen molar-refractivity contribution in [2.45, 2.75) is 38.5 Å². The fourth-order valence-corrected chi connectivity index (χ4v) is 3.55. The third kappa shape index (κ3) is 2.63. The first-order chi connectivity index (χ1) is 10.7. The van der Waals surface area contributed by atoms with Crippen LogP contribution in [-0.4, -0.2) is 15.8 Å². The lowest BCUT2D eigenvalue weighted by Crippen LogP contribution is -2.27. The Hall–Kier alpha value is -1.55. The van der Waals surface area contributed by atoms with Crippen LogP contribution in [0.5, 0.6) is 0 Å². The predicted molar refractivity (Wildman–Crippen MR) is 98.0 cm³/mol. The van der Waals surface area contributed by atoms with Crippen LogP contribution in [0.3, 0.4) is 0 Å². The van der Waals surface area contributed by atoms with Crippen molar-refractivity contribution in [2.24, 2.45) is 11.7 Å². The number of hydrogen-bond donors (Lipinski definition) is 2. The molecule has 1 aliphatic carbocycles. The van der Waals surface area contributed by atoms with Crippen LogP contribution >= 0.6 is 12.4 Å². The summed E-state index contributed by atoms with van der Waals surface area (Å²) in [5, 5.41) is 12.8. The van der Waals surface area contributed by atoms with E-state index in [1.807, 2.05) is 0 Å². The van der Waals surface area contributed by atoms with Gasteiger partial charge in [-0.3, -0.25) is 0 Å². The lowest BCUT2D eigenvalue weighted by Gasteiger charge is -2.19. The minimum atomic E-state index is -0.419. The Balaban J connectivity index is 0.00000156. The Morgan fingerprint density at radius 3 is 2.52 bits per heavy atom. The Labute approximate surface area is 142 Å². The van der Waals surface area contributed by atoms with E-state index in [0.717, 1.165) is 24.9 Å². The van der Waals surface area contributed by atoms with Gasteiger partial charge in [-0.05, 0) is 49.4 Å². The van der Waals surface area contributed by atoms with E-state index in [2.05, 4.69) is 54.0 Å². The minimum Gasteiger partial charge on any atom is -0.391 e. The number of aryl methyl sites for hydroxylation is 1. The van der Waals surface area contributed by atoms with Gasteiger partial charge in [-0.2, -0.15) is 0 Å². The molecule has 0 saturated heterocycles. The van der Waals surface area contributed by atoms with Crippen molar-refractivity contribution in [2.75, 3.05) is 0 Å². The van der Waals surface area contributed by atoms with E-state index in [1.54, 1.807) is 0 Å². The van der Waals surface area contributed by atoms with Gasteiger partial charge in [0.05, 0.1) is 12.1 Å². The molecule has 3 nitrogen and oxygen atoms in total. The highest BCUT2D eigenvalue weighted by Gasteiger charge is 2.34. The van der Waals surface area contributed by atoms with Crippen molar-refractivity contribution in [1.82, 2.24) is 4.57 Å². The van der Waals surface area contributed by atoms with Crippen LogP contribution < -0.4 is 5.73 Å². The monoisotopic (exact) mass is 330 g/mol. The minimum absolute atomic E-state index is 0. The third-order valence-corrected chi connectivity index (χ3v) is 4.97. The average molecular weight is 331 g/mol. The molecule has 0 spiro atoms. The van der Waals surface area contributed by atoms with Gasteiger partial charge in [0.25, 0.3) is 0 Å². The van der Waals surface area contributed by atoms with Gasteiger partial charge in [-0.1, -0.05) is 24.3 Å². The predicted octanol–water partition coefficient (Wildman–Crippen LogP) is 4.01. The topological polar surface area (TPSA) is 51.2 Å². The van der Waals surface area contributed by atoms with E-state index < -0.39 is 6.10 Å². The lowest BCUT2D eigenvalue weighted by atomic mass is 9.97. The van der Waals surface area contributed by atoms with Gasteiger partial charge in [-0.15, -0.1) is 12.4 Å². The summed E-state index contributed by atoms with van der Waals surface area (Å²) in [6.07, 6.45) is 1.79. The maximum absolute atomic E-state index is 10.3. The van der Waals surface area contributed by atoms with E-state index >= 15 is 0 Å². The molecule has 0 aliphatic heterocycles. The van der Waals surface area contributed by atoms with Gasteiger partial charge in [0, 0.05) is 28.4 Å². The highest BCUT2D eigenvalue weighted by Crippen LogP contribution is 2.38. The molecule has 1 saturated carbocycles. The van der Waals surface area contributed by atoms with Crippen LogP contribution in [0, 0.1) is 5.92 Å². The first-order valence-electron chi connectivity index (χ1n) is 8.15. The molecule has 3 aromatic rings. The summed E-state index contributed by atoms with van der Waals surface area (Å²) in [6, 6.07) is 14.6. The number of para-hydroxylation sites is 1. The van der Waals surface area contributed by atoms with E-state index in [9.17, 15) is 5.11 Å². The van der Waals surface area contributed by atoms with Gasteiger partial charge in [-0.25, -0.2) is 0 Å². The summed E-state index contributed by atoms with van der Waals surface area (Å²) < 4.78 is 2.33. The standard InChI is InChI=1S/C19H22N2O.ClH/c1-2-21-16-6-4-3-5-14(16)15-11-13(9-10-17(15)21)18(20)19(22)12-7-8-12;/h3-6,9-12,18-19,22H,2,7-8,20H2,1H3;1H/t18-,19+;/m0./s1. The first kappa shape index (κ1) is 16.3. The van der Waals surface area contributed by atoms with E-state index in [0.29, 0.717) is 5.92 Å². The molecule has 0 bridgehead atoms. The molecule has 23 heavy (non-hydrogen) atoms. The molecule has 2 aromatic carbocycles. The van der Waals surface area contributed by atoms with Gasteiger partial charge in [0.15, 0.2) is 0 Å². The highest BCUT2D eigenvalue weighted by molar-refractivity contribution is 6.08. The maximum atomic E-state index is 10.3. The van der Waals surface area contributed by atoms with Crippen molar-refractivity contribution in [3.63, 3.8) is 0 Å². The molecule has 4 rings (SSSR count). The number of benzene rings is 2. The van der Waals surface area contributed by atoms with Crippen LogP contribution in [0.15, 0.2) is 42.5 Å². The Morgan fingerprint density at radius 1 is 1.13 bits per heavy atom. The van der Waals surface area contributed by atoms with Gasteiger partial charge < -0.3 is 15.4 Å². The van der Waals surface area contributed by atoms with Crippen molar-refractivity contribution in [1.29, 1.82) is 0 Å². The number of aromatic nitrogens is 1. The number of aliphatic hydroxyl groups is 1. The summed E-state index contributed by atoms with van der Waals surface area (Å²) in [5.74, 6) is 0.391. The second kappa shape index (κ2) is 6.16. The van der Waals surface area contributed by atoms with Crippen LogP contribution in [0.4, 0.5) is 0 Å². The Bertz CT molecular complexity index is 838. The van der Waals surface area contributed by atoms with Crippen LogP contribution in [0.1, 0.15) is 31.4 Å². The Morgan fingerprint density at radius 2 is 1.83 bits per heavy atom. The summed E-state index contributed by atoms with van der Waals surface area (Å²) in [4.78, 5) is 0. The molecule has 0 radical (unpaired) electrons. The second-order valence-electron chi connectivity index (χ2n) is 6.39. The first-order valence-corrected chi connectivity index (χ1v) is 8.15. The van der Waals surface area contributed by atoms with Crippen molar-refractivity contribution >= 4 is 34.2 Å². The molecule has 4 heteroatoms. The molecule has 1 aliphatic rings. The van der Waals surface area contributed by atoms with Crippen molar-refractivity contribution in [3.05, 3.63) is 48.0 Å². The summed E-state index contributed by atoms with van der Waals surface area (Å²) in [5.41, 5.74) is 9.82. The third-order valence-electron chi connectivity index (χ3n) is 4.97. The second-order valence-corrected chi connectivity index (χ2v) is 6.39. The zero-order chi connectivity index (χ0) is 15.3. The molecule has 2 atom stereocenters.